The molecule has 1 aliphatic rings. The van der Waals surface area contributed by atoms with Gasteiger partial charge in [-0.1, -0.05) is 11.6 Å². The smallest absolute Gasteiger partial charge is 0.292 e. The van der Waals surface area contributed by atoms with Crippen molar-refractivity contribution in [3.8, 4) is 0 Å². The van der Waals surface area contributed by atoms with Crippen LogP contribution in [0.4, 0.5) is 5.82 Å². The van der Waals surface area contributed by atoms with Gasteiger partial charge in [-0.3, -0.25) is 14.5 Å². The molecule has 0 radical (unpaired) electrons. The molecule has 0 atom stereocenters. The minimum absolute atomic E-state index is 0.205. The first-order chi connectivity index (χ1) is 6.13. The van der Waals surface area contributed by atoms with Crippen molar-refractivity contribution in [2.45, 2.75) is 0 Å². The van der Waals surface area contributed by atoms with Gasteiger partial charge in [0.1, 0.15) is 5.82 Å². The predicted molar refractivity (Wildman–Crippen MR) is 47.0 cm³/mol. The highest BCUT2D eigenvalue weighted by atomic mass is 35.5. The van der Waals surface area contributed by atoms with Gasteiger partial charge in [-0.05, 0) is 6.07 Å². The predicted octanol–water partition coefficient (Wildman–Crippen LogP) is 0.894. The number of ketones is 1. The van der Waals surface area contributed by atoms with E-state index in [0.717, 1.165) is 0 Å². The normalized spacial score (nSPS) is 15.1. The second kappa shape index (κ2) is 2.53. The van der Waals surface area contributed by atoms with Crippen LogP contribution in [0.2, 0.25) is 5.02 Å². The zero-order valence-electron chi connectivity index (χ0n) is 6.74. The maximum absolute atomic E-state index is 11.3. The molecule has 66 valence electrons. The van der Waals surface area contributed by atoms with Gasteiger partial charge in [-0.2, -0.15) is 0 Å². The minimum atomic E-state index is -0.587. The van der Waals surface area contributed by atoms with Crippen LogP contribution < -0.4 is 4.90 Å². The molecule has 13 heavy (non-hydrogen) atoms. The molecule has 0 N–H and O–H groups in total. The first-order valence-corrected chi connectivity index (χ1v) is 3.97. The summed E-state index contributed by atoms with van der Waals surface area (Å²) in [6, 6.07) is 1.49. The third-order valence-corrected chi connectivity index (χ3v) is 2.24. The van der Waals surface area contributed by atoms with Crippen LogP contribution in [0, 0.1) is 0 Å². The zero-order valence-corrected chi connectivity index (χ0v) is 7.50. The van der Waals surface area contributed by atoms with Crippen LogP contribution in [-0.2, 0) is 4.79 Å². The van der Waals surface area contributed by atoms with Gasteiger partial charge in [0.15, 0.2) is 0 Å². The number of rotatable bonds is 0. The van der Waals surface area contributed by atoms with Crippen LogP contribution in [-0.4, -0.2) is 23.7 Å². The summed E-state index contributed by atoms with van der Waals surface area (Å²) in [5.41, 5.74) is 0.205. The van der Waals surface area contributed by atoms with Gasteiger partial charge in [0, 0.05) is 13.2 Å². The van der Waals surface area contributed by atoms with Gasteiger partial charge in [0.25, 0.3) is 11.7 Å². The fraction of sp³-hybridized carbons (Fsp3) is 0.125. The Morgan fingerprint density at radius 2 is 2.15 bits per heavy atom. The molecule has 0 unspecified atom stereocenters. The standard InChI is InChI=1S/C8H5ClN2O2/c1-11-7-5(6(12)8(11)13)4(9)2-3-10-7/h2-3H,1H3. The van der Waals surface area contributed by atoms with Gasteiger partial charge < -0.3 is 0 Å². The summed E-state index contributed by atoms with van der Waals surface area (Å²) in [6.45, 7) is 0. The Morgan fingerprint density at radius 3 is 2.77 bits per heavy atom. The third-order valence-electron chi connectivity index (χ3n) is 1.92. The van der Waals surface area contributed by atoms with E-state index < -0.39 is 11.7 Å². The van der Waals surface area contributed by atoms with Crippen molar-refractivity contribution in [2.24, 2.45) is 0 Å². The van der Waals surface area contributed by atoms with E-state index in [9.17, 15) is 9.59 Å². The number of carbonyl (C=O) groups excluding carboxylic acids is 2. The second-order valence-electron chi connectivity index (χ2n) is 2.68. The van der Waals surface area contributed by atoms with E-state index in [0.29, 0.717) is 5.82 Å². The molecule has 0 bridgehead atoms. The highest BCUT2D eigenvalue weighted by Crippen LogP contribution is 2.30. The van der Waals surface area contributed by atoms with Crippen LogP contribution >= 0.6 is 11.6 Å². The SMILES string of the molecule is CN1C(=O)C(=O)c2c(Cl)ccnc21. The largest absolute Gasteiger partial charge is 0.300 e. The summed E-state index contributed by atoms with van der Waals surface area (Å²) >= 11 is 5.76. The Hall–Kier alpha value is -1.42. The number of Topliss-reactive ketones (excluding diaryl/α,β-unsaturated/α-hetero) is 1. The molecule has 1 amide bonds. The van der Waals surface area contributed by atoms with E-state index in [1.54, 1.807) is 0 Å². The van der Waals surface area contributed by atoms with Gasteiger partial charge >= 0.3 is 0 Å². The number of pyridine rings is 1. The maximum atomic E-state index is 11.3. The Labute approximate surface area is 79.1 Å². The van der Waals surface area contributed by atoms with Gasteiger partial charge in [-0.15, -0.1) is 0 Å². The molecular formula is C8H5ClN2O2. The molecule has 0 aliphatic carbocycles. The van der Waals surface area contributed by atoms with Crippen molar-refractivity contribution in [3.63, 3.8) is 0 Å². The monoisotopic (exact) mass is 196 g/mol. The maximum Gasteiger partial charge on any atom is 0.300 e. The molecule has 0 saturated carbocycles. The van der Waals surface area contributed by atoms with Crippen molar-refractivity contribution in [2.75, 3.05) is 11.9 Å². The number of hydrogen-bond donors (Lipinski definition) is 0. The topological polar surface area (TPSA) is 50.3 Å². The Bertz CT molecular complexity index is 417. The minimum Gasteiger partial charge on any atom is -0.292 e. The lowest BCUT2D eigenvalue weighted by Gasteiger charge is -2.06. The average Bonchev–Trinajstić information content (AvgIpc) is 2.33. The lowest BCUT2D eigenvalue weighted by atomic mass is 10.2. The Kier molecular flexibility index (Phi) is 1.60. The summed E-state index contributed by atoms with van der Waals surface area (Å²) in [7, 11) is 1.50. The number of nitrogens with zero attached hydrogens (tertiary/aromatic N) is 2. The molecule has 1 aliphatic heterocycles. The van der Waals surface area contributed by atoms with Crippen molar-refractivity contribution in [1.29, 1.82) is 0 Å². The number of likely N-dealkylation sites (N-methyl/N-ethyl adjacent to an activating group) is 1. The Morgan fingerprint density at radius 1 is 1.46 bits per heavy atom. The van der Waals surface area contributed by atoms with E-state index in [1.807, 2.05) is 0 Å². The second-order valence-corrected chi connectivity index (χ2v) is 3.09. The molecule has 5 heteroatoms. The number of hydrogen-bond acceptors (Lipinski definition) is 3. The number of carbonyl (C=O) groups is 2. The van der Waals surface area contributed by atoms with E-state index in [2.05, 4.69) is 4.98 Å². The molecule has 2 heterocycles. The summed E-state index contributed by atoms with van der Waals surface area (Å²) < 4.78 is 0. The lowest BCUT2D eigenvalue weighted by molar-refractivity contribution is -0.114. The lowest BCUT2D eigenvalue weighted by Crippen LogP contribution is -2.25. The van der Waals surface area contributed by atoms with Gasteiger partial charge in [0.2, 0.25) is 0 Å². The number of aromatic nitrogens is 1. The number of halogens is 1. The van der Waals surface area contributed by atoms with Crippen LogP contribution in [0.15, 0.2) is 12.3 Å². The molecule has 0 spiro atoms. The quantitative estimate of drug-likeness (QED) is 0.579. The van der Waals surface area contributed by atoms with Crippen LogP contribution in [0.1, 0.15) is 10.4 Å². The molecule has 0 saturated heterocycles. The molecule has 0 fully saturated rings. The van der Waals surface area contributed by atoms with E-state index in [1.165, 1.54) is 24.2 Å². The first kappa shape index (κ1) is 8.19. The summed E-state index contributed by atoms with van der Waals surface area (Å²) in [5.74, 6) is -0.839. The average molecular weight is 197 g/mol. The molecular weight excluding hydrogens is 192 g/mol. The van der Waals surface area contributed by atoms with E-state index >= 15 is 0 Å². The first-order valence-electron chi connectivity index (χ1n) is 3.60. The van der Waals surface area contributed by atoms with Gasteiger partial charge in [-0.25, -0.2) is 4.98 Å². The molecule has 0 aromatic carbocycles. The van der Waals surface area contributed by atoms with Crippen LogP contribution in [0.5, 0.6) is 0 Å². The van der Waals surface area contributed by atoms with Crippen molar-refractivity contribution in [3.05, 3.63) is 22.8 Å². The summed E-state index contributed by atoms with van der Waals surface area (Å²) in [6.07, 6.45) is 1.46. The number of anilines is 1. The van der Waals surface area contributed by atoms with Crippen LogP contribution in [0.25, 0.3) is 0 Å². The molecule has 1 aromatic rings. The fourth-order valence-corrected chi connectivity index (χ4v) is 1.47. The van der Waals surface area contributed by atoms with Crippen molar-refractivity contribution in [1.82, 2.24) is 4.98 Å². The highest BCUT2D eigenvalue weighted by molar-refractivity contribution is 6.54. The molecule has 2 rings (SSSR count). The molecule has 4 nitrogen and oxygen atoms in total. The molecule has 1 aromatic heterocycles. The summed E-state index contributed by atoms with van der Waals surface area (Å²) in [4.78, 5) is 27.6. The van der Waals surface area contributed by atoms with Crippen molar-refractivity contribution >= 4 is 29.1 Å². The number of amides is 1. The zero-order chi connectivity index (χ0) is 9.59. The summed E-state index contributed by atoms with van der Waals surface area (Å²) in [5, 5.41) is 0.271. The van der Waals surface area contributed by atoms with E-state index in [-0.39, 0.29) is 10.6 Å². The van der Waals surface area contributed by atoms with Crippen LogP contribution in [0.3, 0.4) is 0 Å². The highest BCUT2D eigenvalue weighted by Gasteiger charge is 2.36. The Balaban J connectivity index is 2.73. The van der Waals surface area contributed by atoms with Gasteiger partial charge in [0.05, 0.1) is 10.6 Å². The fourth-order valence-electron chi connectivity index (χ4n) is 1.25. The van der Waals surface area contributed by atoms with E-state index in [4.69, 9.17) is 11.6 Å². The third kappa shape index (κ3) is 0.954. The number of fused-ring (bicyclic) bond motifs is 1. The van der Waals surface area contributed by atoms with Crippen molar-refractivity contribution < 1.29 is 9.59 Å².